The van der Waals surface area contributed by atoms with Crippen LogP contribution in [-0.2, 0) is 0 Å². The molecule has 1 N–H and O–H groups in total. The molecule has 0 amide bonds. The van der Waals surface area contributed by atoms with Gasteiger partial charge in [-0.2, -0.15) is 0 Å². The SMILES string of the molecule is CCCCCCCCNc1cc([N+](=O)[O-])ccc1Cl. The fourth-order valence-corrected chi connectivity index (χ4v) is 2.08. The number of hydrogen-bond donors (Lipinski definition) is 1. The molecule has 0 saturated carbocycles. The number of nitro groups is 1. The number of unbranched alkanes of at least 4 members (excludes halogenated alkanes) is 5. The summed E-state index contributed by atoms with van der Waals surface area (Å²) in [4.78, 5) is 10.3. The Morgan fingerprint density at radius 2 is 1.89 bits per heavy atom. The third kappa shape index (κ3) is 5.92. The van der Waals surface area contributed by atoms with E-state index in [1.54, 1.807) is 6.07 Å². The second-order valence-electron chi connectivity index (χ2n) is 4.62. The molecule has 0 bridgehead atoms. The summed E-state index contributed by atoms with van der Waals surface area (Å²) in [5, 5.41) is 14.4. The maximum atomic E-state index is 10.7. The minimum absolute atomic E-state index is 0.0647. The summed E-state index contributed by atoms with van der Waals surface area (Å²) >= 11 is 6.00. The smallest absolute Gasteiger partial charge is 0.271 e. The molecule has 0 aromatic heterocycles. The summed E-state index contributed by atoms with van der Waals surface area (Å²) in [6.45, 7) is 3.00. The number of hydrogen-bond acceptors (Lipinski definition) is 3. The zero-order valence-electron chi connectivity index (χ0n) is 11.3. The Hall–Kier alpha value is -1.29. The van der Waals surface area contributed by atoms with E-state index >= 15 is 0 Å². The molecule has 0 unspecified atom stereocenters. The fraction of sp³-hybridized carbons (Fsp3) is 0.571. The number of anilines is 1. The van der Waals surface area contributed by atoms with E-state index in [0.29, 0.717) is 10.7 Å². The van der Waals surface area contributed by atoms with Crippen molar-refractivity contribution in [3.05, 3.63) is 33.3 Å². The normalized spacial score (nSPS) is 10.4. The molecule has 0 fully saturated rings. The van der Waals surface area contributed by atoms with Crippen molar-refractivity contribution >= 4 is 23.0 Å². The van der Waals surface area contributed by atoms with Gasteiger partial charge in [-0.15, -0.1) is 0 Å². The van der Waals surface area contributed by atoms with Gasteiger partial charge in [0, 0.05) is 18.7 Å². The maximum absolute atomic E-state index is 10.7. The molecule has 4 nitrogen and oxygen atoms in total. The molecule has 0 heterocycles. The molecule has 0 saturated heterocycles. The molecule has 1 aromatic rings. The first-order valence-corrected chi connectivity index (χ1v) is 7.20. The van der Waals surface area contributed by atoms with Crippen LogP contribution < -0.4 is 5.32 Å². The van der Waals surface area contributed by atoms with Gasteiger partial charge >= 0.3 is 0 Å². The Morgan fingerprint density at radius 1 is 1.21 bits per heavy atom. The van der Waals surface area contributed by atoms with Crippen molar-refractivity contribution in [1.82, 2.24) is 0 Å². The van der Waals surface area contributed by atoms with Crippen LogP contribution in [0.4, 0.5) is 11.4 Å². The molecular weight excluding hydrogens is 264 g/mol. The van der Waals surface area contributed by atoms with Crippen LogP contribution in [0.5, 0.6) is 0 Å². The summed E-state index contributed by atoms with van der Waals surface area (Å²) in [6, 6.07) is 4.46. The van der Waals surface area contributed by atoms with Gasteiger partial charge in [-0.25, -0.2) is 0 Å². The van der Waals surface area contributed by atoms with Gasteiger partial charge in [0.25, 0.3) is 5.69 Å². The maximum Gasteiger partial charge on any atom is 0.271 e. The Morgan fingerprint density at radius 3 is 2.58 bits per heavy atom. The molecule has 0 aliphatic heterocycles. The average molecular weight is 285 g/mol. The fourth-order valence-electron chi connectivity index (χ4n) is 1.89. The van der Waals surface area contributed by atoms with Crippen molar-refractivity contribution in [3.8, 4) is 0 Å². The molecule has 1 rings (SSSR count). The van der Waals surface area contributed by atoms with Crippen molar-refractivity contribution in [2.24, 2.45) is 0 Å². The van der Waals surface area contributed by atoms with Gasteiger partial charge in [0.1, 0.15) is 0 Å². The monoisotopic (exact) mass is 284 g/mol. The number of nitrogens with zero attached hydrogens (tertiary/aromatic N) is 1. The summed E-state index contributed by atoms with van der Waals surface area (Å²) in [5.41, 5.74) is 0.708. The lowest BCUT2D eigenvalue weighted by Crippen LogP contribution is -2.02. The molecule has 0 spiro atoms. The third-order valence-corrected chi connectivity index (χ3v) is 3.34. The largest absolute Gasteiger partial charge is 0.384 e. The van der Waals surface area contributed by atoms with E-state index in [1.165, 1.54) is 44.2 Å². The van der Waals surface area contributed by atoms with Crippen LogP contribution in [0.25, 0.3) is 0 Å². The predicted octanol–water partition coefficient (Wildman–Crippen LogP) is 5.02. The zero-order chi connectivity index (χ0) is 14.1. The minimum atomic E-state index is -0.410. The Labute approximate surface area is 119 Å². The zero-order valence-corrected chi connectivity index (χ0v) is 12.1. The number of benzene rings is 1. The molecule has 0 aliphatic carbocycles. The summed E-state index contributed by atoms with van der Waals surface area (Å²) in [7, 11) is 0. The number of nitrogens with one attached hydrogen (secondary N) is 1. The molecule has 5 heteroatoms. The molecular formula is C14H21ClN2O2. The molecule has 1 aromatic carbocycles. The topological polar surface area (TPSA) is 55.2 Å². The van der Waals surface area contributed by atoms with Gasteiger partial charge in [0.2, 0.25) is 0 Å². The quantitative estimate of drug-likeness (QED) is 0.393. The second kappa shape index (κ2) is 8.75. The highest BCUT2D eigenvalue weighted by molar-refractivity contribution is 6.33. The summed E-state index contributed by atoms with van der Waals surface area (Å²) < 4.78 is 0. The van der Waals surface area contributed by atoms with Gasteiger partial charge in [-0.3, -0.25) is 10.1 Å². The van der Waals surface area contributed by atoms with Crippen LogP contribution in [0.15, 0.2) is 18.2 Å². The van der Waals surface area contributed by atoms with Crippen LogP contribution in [0.2, 0.25) is 5.02 Å². The lowest BCUT2D eigenvalue weighted by molar-refractivity contribution is -0.384. The third-order valence-electron chi connectivity index (χ3n) is 3.01. The van der Waals surface area contributed by atoms with Gasteiger partial charge in [-0.1, -0.05) is 50.6 Å². The summed E-state index contributed by atoms with van der Waals surface area (Å²) in [5.74, 6) is 0. The van der Waals surface area contributed by atoms with E-state index in [9.17, 15) is 10.1 Å². The lowest BCUT2D eigenvalue weighted by atomic mass is 10.1. The van der Waals surface area contributed by atoms with Crippen molar-refractivity contribution in [2.45, 2.75) is 45.4 Å². The number of halogens is 1. The van der Waals surface area contributed by atoms with E-state index < -0.39 is 4.92 Å². The molecule has 0 radical (unpaired) electrons. The highest BCUT2D eigenvalue weighted by Crippen LogP contribution is 2.26. The number of rotatable bonds is 9. The van der Waals surface area contributed by atoms with Crippen LogP contribution in [0.3, 0.4) is 0 Å². The van der Waals surface area contributed by atoms with Crippen molar-refractivity contribution in [2.75, 3.05) is 11.9 Å². The van der Waals surface area contributed by atoms with Crippen LogP contribution in [0.1, 0.15) is 45.4 Å². The van der Waals surface area contributed by atoms with E-state index in [4.69, 9.17) is 11.6 Å². The standard InChI is InChI=1S/C14H21ClN2O2/c1-2-3-4-5-6-7-10-16-14-11-12(17(18)19)8-9-13(14)15/h8-9,11,16H,2-7,10H2,1H3. The molecule has 106 valence electrons. The van der Waals surface area contributed by atoms with Gasteiger partial charge < -0.3 is 5.32 Å². The van der Waals surface area contributed by atoms with E-state index in [0.717, 1.165) is 13.0 Å². The first-order valence-electron chi connectivity index (χ1n) is 6.83. The predicted molar refractivity (Wildman–Crippen MR) is 80.0 cm³/mol. The molecule has 19 heavy (non-hydrogen) atoms. The first kappa shape index (κ1) is 15.8. The molecule has 0 atom stereocenters. The highest BCUT2D eigenvalue weighted by Gasteiger charge is 2.08. The van der Waals surface area contributed by atoms with Crippen LogP contribution in [-0.4, -0.2) is 11.5 Å². The summed E-state index contributed by atoms with van der Waals surface area (Å²) in [6.07, 6.45) is 7.32. The minimum Gasteiger partial charge on any atom is -0.384 e. The van der Waals surface area contributed by atoms with Crippen LogP contribution in [0, 0.1) is 10.1 Å². The number of nitro benzene ring substituents is 1. The Kier molecular flexibility index (Phi) is 7.26. The number of non-ortho nitro benzene ring substituents is 1. The second-order valence-corrected chi connectivity index (χ2v) is 5.02. The Balaban J connectivity index is 2.32. The van der Waals surface area contributed by atoms with E-state index in [-0.39, 0.29) is 5.69 Å². The van der Waals surface area contributed by atoms with Crippen molar-refractivity contribution in [1.29, 1.82) is 0 Å². The van der Waals surface area contributed by atoms with Gasteiger partial charge in [0.05, 0.1) is 15.6 Å². The lowest BCUT2D eigenvalue weighted by Gasteiger charge is -2.08. The van der Waals surface area contributed by atoms with Gasteiger partial charge in [-0.05, 0) is 12.5 Å². The van der Waals surface area contributed by atoms with E-state index in [1.807, 2.05) is 0 Å². The highest BCUT2D eigenvalue weighted by atomic mass is 35.5. The first-order chi connectivity index (χ1) is 9.15. The van der Waals surface area contributed by atoms with Crippen molar-refractivity contribution < 1.29 is 4.92 Å². The van der Waals surface area contributed by atoms with Crippen LogP contribution >= 0.6 is 11.6 Å². The van der Waals surface area contributed by atoms with Crippen molar-refractivity contribution in [3.63, 3.8) is 0 Å². The average Bonchev–Trinajstić information content (AvgIpc) is 2.39. The molecule has 0 aliphatic rings. The van der Waals surface area contributed by atoms with Gasteiger partial charge in [0.15, 0.2) is 0 Å². The van der Waals surface area contributed by atoms with E-state index in [2.05, 4.69) is 12.2 Å². The Bertz CT molecular complexity index is 410.